The summed E-state index contributed by atoms with van der Waals surface area (Å²) in [6, 6.07) is 0.144. The van der Waals surface area contributed by atoms with Gasteiger partial charge in [0.2, 0.25) is 0 Å². The van der Waals surface area contributed by atoms with Crippen molar-refractivity contribution < 1.29 is 14.7 Å². The number of hydrogen-bond acceptors (Lipinski definition) is 2. The fourth-order valence-electron chi connectivity index (χ4n) is 3.62. The largest absolute Gasteiger partial charge is 0.481 e. The number of likely N-dealkylation sites (tertiary alicyclic amines) is 1. The Labute approximate surface area is 120 Å². The molecule has 1 aliphatic heterocycles. The first-order valence-electron chi connectivity index (χ1n) is 7.72. The van der Waals surface area contributed by atoms with E-state index in [0.717, 1.165) is 32.2 Å². The van der Waals surface area contributed by atoms with Gasteiger partial charge in [0.05, 0.1) is 5.41 Å². The van der Waals surface area contributed by atoms with Crippen LogP contribution in [-0.4, -0.2) is 41.1 Å². The third-order valence-electron chi connectivity index (χ3n) is 4.89. The summed E-state index contributed by atoms with van der Waals surface area (Å²) in [5, 5.41) is 12.4. The third kappa shape index (κ3) is 3.07. The van der Waals surface area contributed by atoms with Gasteiger partial charge in [-0.15, -0.1) is 0 Å². The predicted molar refractivity (Wildman–Crippen MR) is 76.5 cm³/mol. The minimum Gasteiger partial charge on any atom is -0.481 e. The van der Waals surface area contributed by atoms with Gasteiger partial charge in [-0.3, -0.25) is 4.79 Å². The molecule has 0 spiro atoms. The summed E-state index contributed by atoms with van der Waals surface area (Å²) < 4.78 is 0. The Hall–Kier alpha value is -1.26. The lowest BCUT2D eigenvalue weighted by Gasteiger charge is -2.34. The van der Waals surface area contributed by atoms with Crippen molar-refractivity contribution in [1.29, 1.82) is 0 Å². The molecular formula is C15H26N2O3. The van der Waals surface area contributed by atoms with E-state index in [2.05, 4.69) is 19.2 Å². The average molecular weight is 282 g/mol. The molecule has 1 aliphatic carbocycles. The van der Waals surface area contributed by atoms with Crippen LogP contribution in [0.2, 0.25) is 0 Å². The number of urea groups is 1. The minimum absolute atomic E-state index is 0.104. The number of carboxylic acids is 1. The van der Waals surface area contributed by atoms with E-state index in [1.165, 1.54) is 0 Å². The zero-order valence-electron chi connectivity index (χ0n) is 12.5. The number of amides is 2. The van der Waals surface area contributed by atoms with Crippen molar-refractivity contribution in [2.24, 2.45) is 11.3 Å². The Bertz CT molecular complexity index is 377. The molecule has 1 saturated heterocycles. The van der Waals surface area contributed by atoms with Gasteiger partial charge in [-0.05, 0) is 32.1 Å². The van der Waals surface area contributed by atoms with Crippen LogP contribution in [0.5, 0.6) is 0 Å². The van der Waals surface area contributed by atoms with Crippen LogP contribution in [0.25, 0.3) is 0 Å². The third-order valence-corrected chi connectivity index (χ3v) is 4.89. The highest BCUT2D eigenvalue weighted by atomic mass is 16.4. The molecule has 0 aromatic heterocycles. The van der Waals surface area contributed by atoms with Crippen LogP contribution in [0.4, 0.5) is 4.79 Å². The topological polar surface area (TPSA) is 69.6 Å². The van der Waals surface area contributed by atoms with Gasteiger partial charge in [-0.1, -0.05) is 26.2 Å². The molecule has 5 nitrogen and oxygen atoms in total. The van der Waals surface area contributed by atoms with Gasteiger partial charge in [0, 0.05) is 19.1 Å². The molecule has 114 valence electrons. The van der Waals surface area contributed by atoms with E-state index in [4.69, 9.17) is 0 Å². The first-order chi connectivity index (χ1) is 9.44. The van der Waals surface area contributed by atoms with E-state index in [0.29, 0.717) is 18.8 Å². The van der Waals surface area contributed by atoms with E-state index >= 15 is 0 Å². The number of hydrogen-bond donors (Lipinski definition) is 2. The van der Waals surface area contributed by atoms with Crippen LogP contribution in [0.3, 0.4) is 0 Å². The Kier molecular flexibility index (Phi) is 4.55. The van der Waals surface area contributed by atoms with Gasteiger partial charge in [0.25, 0.3) is 0 Å². The molecule has 2 rings (SSSR count). The first kappa shape index (κ1) is 15.1. The molecule has 0 aromatic carbocycles. The second-order valence-corrected chi connectivity index (χ2v) is 6.65. The van der Waals surface area contributed by atoms with Crippen LogP contribution in [0, 0.1) is 11.3 Å². The van der Waals surface area contributed by atoms with E-state index in [9.17, 15) is 14.7 Å². The molecule has 2 unspecified atom stereocenters. The quantitative estimate of drug-likeness (QED) is 0.835. The van der Waals surface area contributed by atoms with Gasteiger partial charge in [0.15, 0.2) is 0 Å². The maximum atomic E-state index is 12.2. The molecule has 0 aromatic rings. The molecular weight excluding hydrogens is 256 g/mol. The van der Waals surface area contributed by atoms with Gasteiger partial charge in [-0.2, -0.15) is 0 Å². The standard InChI is InChI=1S/C15H26N2O3/c1-11-8-12(2)17(9-11)14(20)16-10-15(13(18)19)6-4-3-5-7-15/h11-12H,3-10H2,1-2H3,(H,16,20)(H,18,19). The van der Waals surface area contributed by atoms with Crippen LogP contribution < -0.4 is 5.32 Å². The molecule has 2 amide bonds. The fourth-order valence-corrected chi connectivity index (χ4v) is 3.62. The van der Waals surface area contributed by atoms with Gasteiger partial charge in [0.1, 0.15) is 0 Å². The normalized spacial score (nSPS) is 29.2. The summed E-state index contributed by atoms with van der Waals surface area (Å²) in [4.78, 5) is 25.6. The van der Waals surface area contributed by atoms with Crippen molar-refractivity contribution in [2.45, 2.75) is 58.4 Å². The number of carbonyl (C=O) groups excluding carboxylic acids is 1. The summed E-state index contributed by atoms with van der Waals surface area (Å²) in [6.07, 6.45) is 5.36. The van der Waals surface area contributed by atoms with E-state index in [-0.39, 0.29) is 18.6 Å². The SMILES string of the molecule is CC1CC(C)N(C(=O)NCC2(C(=O)O)CCCCC2)C1. The molecule has 0 bridgehead atoms. The Morgan fingerprint density at radius 3 is 2.40 bits per heavy atom. The second-order valence-electron chi connectivity index (χ2n) is 6.65. The van der Waals surface area contributed by atoms with Crippen molar-refractivity contribution >= 4 is 12.0 Å². The van der Waals surface area contributed by atoms with Crippen molar-refractivity contribution in [3.05, 3.63) is 0 Å². The van der Waals surface area contributed by atoms with Gasteiger partial charge >= 0.3 is 12.0 Å². The zero-order chi connectivity index (χ0) is 14.8. The van der Waals surface area contributed by atoms with Crippen molar-refractivity contribution in [3.8, 4) is 0 Å². The van der Waals surface area contributed by atoms with Crippen molar-refractivity contribution in [3.63, 3.8) is 0 Å². The summed E-state index contributed by atoms with van der Waals surface area (Å²) >= 11 is 0. The second kappa shape index (κ2) is 6.02. The monoisotopic (exact) mass is 282 g/mol. The molecule has 2 N–H and O–H groups in total. The van der Waals surface area contributed by atoms with Crippen LogP contribution in [-0.2, 0) is 4.79 Å². The highest BCUT2D eigenvalue weighted by Crippen LogP contribution is 2.36. The molecule has 2 aliphatic rings. The van der Waals surface area contributed by atoms with Crippen LogP contribution in [0.1, 0.15) is 52.4 Å². The zero-order valence-corrected chi connectivity index (χ0v) is 12.5. The molecule has 2 atom stereocenters. The number of nitrogens with zero attached hydrogens (tertiary/aromatic N) is 1. The summed E-state index contributed by atoms with van der Waals surface area (Å²) in [5.74, 6) is -0.237. The van der Waals surface area contributed by atoms with Crippen LogP contribution >= 0.6 is 0 Å². The Morgan fingerprint density at radius 1 is 1.25 bits per heavy atom. The van der Waals surface area contributed by atoms with Crippen LogP contribution in [0.15, 0.2) is 0 Å². The highest BCUT2D eigenvalue weighted by Gasteiger charge is 2.40. The molecule has 1 heterocycles. The number of aliphatic carboxylic acids is 1. The first-order valence-corrected chi connectivity index (χ1v) is 7.72. The lowest BCUT2D eigenvalue weighted by atomic mass is 9.74. The van der Waals surface area contributed by atoms with E-state index in [1.54, 1.807) is 0 Å². The lowest BCUT2D eigenvalue weighted by molar-refractivity contribution is -0.150. The van der Waals surface area contributed by atoms with E-state index < -0.39 is 11.4 Å². The molecule has 2 fully saturated rings. The number of nitrogens with one attached hydrogen (secondary N) is 1. The molecule has 20 heavy (non-hydrogen) atoms. The summed E-state index contributed by atoms with van der Waals surface area (Å²) in [6.45, 7) is 5.23. The van der Waals surface area contributed by atoms with Gasteiger partial charge in [-0.25, -0.2) is 4.79 Å². The summed E-state index contributed by atoms with van der Waals surface area (Å²) in [7, 11) is 0. The maximum Gasteiger partial charge on any atom is 0.317 e. The Balaban J connectivity index is 1.92. The average Bonchev–Trinajstić information content (AvgIpc) is 2.76. The summed E-state index contributed by atoms with van der Waals surface area (Å²) in [5.41, 5.74) is -0.748. The molecule has 1 saturated carbocycles. The smallest absolute Gasteiger partial charge is 0.317 e. The fraction of sp³-hybridized carbons (Fsp3) is 0.867. The van der Waals surface area contributed by atoms with Gasteiger partial charge < -0.3 is 15.3 Å². The number of carboxylic acid groups (broad SMARTS) is 1. The van der Waals surface area contributed by atoms with E-state index in [1.807, 2.05) is 4.90 Å². The minimum atomic E-state index is -0.764. The lowest BCUT2D eigenvalue weighted by Crippen LogP contribution is -2.49. The van der Waals surface area contributed by atoms with Crippen molar-refractivity contribution in [1.82, 2.24) is 10.2 Å². The highest BCUT2D eigenvalue weighted by molar-refractivity contribution is 5.78. The number of rotatable bonds is 3. The Morgan fingerprint density at radius 2 is 1.90 bits per heavy atom. The maximum absolute atomic E-state index is 12.2. The molecule has 0 radical (unpaired) electrons. The predicted octanol–water partition coefficient (Wildman–Crippen LogP) is 2.46. The number of carbonyl (C=O) groups is 2. The van der Waals surface area contributed by atoms with Crippen molar-refractivity contribution in [2.75, 3.05) is 13.1 Å². The molecule has 5 heteroatoms.